The minimum atomic E-state index is -1.24. The molecule has 1 aliphatic rings. The molecule has 0 aliphatic carbocycles. The molecule has 1 unspecified atom stereocenters. The Morgan fingerprint density at radius 1 is 1.21 bits per heavy atom. The van der Waals surface area contributed by atoms with Gasteiger partial charge in [0.2, 0.25) is 0 Å². The number of nitrogen functional groups attached to an aromatic ring is 1. The molecule has 29 heavy (non-hydrogen) atoms. The van der Waals surface area contributed by atoms with Crippen molar-refractivity contribution in [3.05, 3.63) is 18.7 Å². The smallest absolute Gasteiger partial charge is 0.168 e. The number of ether oxygens (including phenoxy) is 1. The molecule has 0 saturated carbocycles. The van der Waals surface area contributed by atoms with E-state index in [1.807, 2.05) is 10.9 Å². The Morgan fingerprint density at radius 3 is 2.76 bits per heavy atom. The summed E-state index contributed by atoms with van der Waals surface area (Å²) < 4.78 is 8.92. The number of fused-ring (bicyclic) bond motifs is 1. The van der Waals surface area contributed by atoms with Crippen LogP contribution in [0.15, 0.2) is 18.7 Å². The van der Waals surface area contributed by atoms with Crippen LogP contribution in [0, 0.1) is 0 Å². The molecule has 11 nitrogen and oxygen atoms in total. The van der Waals surface area contributed by atoms with Crippen molar-refractivity contribution in [1.29, 1.82) is 0 Å². The Kier molecular flexibility index (Phi) is 5.46. The van der Waals surface area contributed by atoms with Gasteiger partial charge in [-0.25, -0.2) is 15.0 Å². The second kappa shape index (κ2) is 8.03. The number of imidazole rings is 1. The molecular formula is C18H25N7O4. The van der Waals surface area contributed by atoms with Crippen molar-refractivity contribution in [2.45, 2.75) is 57.3 Å². The van der Waals surface area contributed by atoms with E-state index in [9.17, 15) is 15.3 Å². The van der Waals surface area contributed by atoms with Crippen LogP contribution in [-0.4, -0.2) is 69.5 Å². The first kappa shape index (κ1) is 19.7. The molecule has 4 atom stereocenters. The molecule has 0 radical (unpaired) electrons. The number of hydrogen-bond acceptors (Lipinski definition) is 9. The van der Waals surface area contributed by atoms with Crippen LogP contribution < -0.4 is 5.73 Å². The van der Waals surface area contributed by atoms with Gasteiger partial charge in [-0.2, -0.15) is 5.10 Å². The van der Waals surface area contributed by atoms with Gasteiger partial charge in [-0.15, -0.1) is 0 Å². The van der Waals surface area contributed by atoms with Gasteiger partial charge in [0.1, 0.15) is 23.8 Å². The van der Waals surface area contributed by atoms with Crippen LogP contribution in [0.4, 0.5) is 5.82 Å². The van der Waals surface area contributed by atoms with E-state index in [1.54, 1.807) is 6.20 Å². The van der Waals surface area contributed by atoms with E-state index in [-0.39, 0.29) is 5.82 Å². The van der Waals surface area contributed by atoms with Crippen LogP contribution in [-0.2, 0) is 11.3 Å². The van der Waals surface area contributed by atoms with E-state index in [0.717, 1.165) is 25.8 Å². The summed E-state index contributed by atoms with van der Waals surface area (Å²) in [7, 11) is 0. The molecule has 3 aromatic rings. The average molecular weight is 403 g/mol. The lowest BCUT2D eigenvalue weighted by Crippen LogP contribution is -2.33. The van der Waals surface area contributed by atoms with Crippen LogP contribution in [0.3, 0.4) is 0 Å². The fraction of sp³-hybridized carbons (Fsp3) is 0.556. The third-order valence-corrected chi connectivity index (χ3v) is 5.12. The van der Waals surface area contributed by atoms with Gasteiger partial charge in [0.25, 0.3) is 0 Å². The standard InChI is InChI=1S/C18H25N7O4/c1-2-3-4-5-24-7-10(6-21-24)16-22-15(19)12-17(23-16)25(9-20-12)18-14(28)13(27)11(8-26)29-18/h6-7,9,11,13-14,18,26-28H,2-5,8H2,1H3,(H2,19,22,23)/t11-,13-,14?,18-/m1/s1. The molecule has 5 N–H and O–H groups in total. The number of anilines is 1. The molecule has 4 heterocycles. The van der Waals surface area contributed by atoms with Gasteiger partial charge in [0, 0.05) is 12.7 Å². The van der Waals surface area contributed by atoms with Crippen molar-refractivity contribution < 1.29 is 20.1 Å². The number of aliphatic hydroxyl groups excluding tert-OH is 3. The summed E-state index contributed by atoms with van der Waals surface area (Å²) in [5.41, 5.74) is 7.52. The second-order valence-electron chi connectivity index (χ2n) is 7.18. The number of nitrogens with zero attached hydrogens (tertiary/aromatic N) is 6. The van der Waals surface area contributed by atoms with E-state index in [4.69, 9.17) is 10.5 Å². The summed E-state index contributed by atoms with van der Waals surface area (Å²) in [6.07, 6.45) is 3.96. The van der Waals surface area contributed by atoms with E-state index >= 15 is 0 Å². The first-order chi connectivity index (χ1) is 14.0. The van der Waals surface area contributed by atoms with Gasteiger partial charge in [0.05, 0.1) is 24.7 Å². The summed E-state index contributed by atoms with van der Waals surface area (Å²) in [4.78, 5) is 13.1. The van der Waals surface area contributed by atoms with Crippen LogP contribution >= 0.6 is 0 Å². The van der Waals surface area contributed by atoms with Gasteiger partial charge in [0.15, 0.2) is 23.5 Å². The zero-order chi connectivity index (χ0) is 20.5. The molecule has 0 bridgehead atoms. The monoisotopic (exact) mass is 403 g/mol. The first-order valence-corrected chi connectivity index (χ1v) is 9.68. The number of unbranched alkanes of at least 4 members (excludes halogenated alkanes) is 2. The fourth-order valence-corrected chi connectivity index (χ4v) is 3.49. The Bertz CT molecular complexity index is 988. The molecule has 0 spiro atoms. The van der Waals surface area contributed by atoms with Crippen molar-refractivity contribution in [2.75, 3.05) is 12.3 Å². The maximum absolute atomic E-state index is 10.3. The minimum Gasteiger partial charge on any atom is -0.394 e. The topological polar surface area (TPSA) is 157 Å². The molecule has 1 fully saturated rings. The molecule has 0 amide bonds. The Morgan fingerprint density at radius 2 is 2.03 bits per heavy atom. The third-order valence-electron chi connectivity index (χ3n) is 5.12. The zero-order valence-corrected chi connectivity index (χ0v) is 16.1. The van der Waals surface area contributed by atoms with Gasteiger partial charge in [-0.1, -0.05) is 19.8 Å². The largest absolute Gasteiger partial charge is 0.394 e. The summed E-state index contributed by atoms with van der Waals surface area (Å²) in [6.45, 7) is 2.54. The Labute approximate surface area is 166 Å². The maximum atomic E-state index is 10.3. The summed E-state index contributed by atoms with van der Waals surface area (Å²) in [6, 6.07) is 0. The molecule has 4 rings (SSSR count). The van der Waals surface area contributed by atoms with Crippen molar-refractivity contribution >= 4 is 17.0 Å². The van der Waals surface area contributed by atoms with Gasteiger partial charge >= 0.3 is 0 Å². The first-order valence-electron chi connectivity index (χ1n) is 9.68. The normalized spacial score (nSPS) is 24.6. The molecule has 3 aromatic heterocycles. The van der Waals surface area contributed by atoms with E-state index in [2.05, 4.69) is 27.0 Å². The lowest BCUT2D eigenvalue weighted by Gasteiger charge is -2.16. The van der Waals surface area contributed by atoms with Gasteiger partial charge in [-0.3, -0.25) is 9.25 Å². The highest BCUT2D eigenvalue weighted by atomic mass is 16.6. The Hall–Kier alpha value is -2.60. The lowest BCUT2D eigenvalue weighted by molar-refractivity contribution is -0.0511. The predicted octanol–water partition coefficient (Wildman–Crippen LogP) is 0.0737. The number of aryl methyl sites for hydroxylation is 1. The number of hydrogen-bond donors (Lipinski definition) is 4. The zero-order valence-electron chi connectivity index (χ0n) is 16.1. The van der Waals surface area contributed by atoms with Crippen molar-refractivity contribution in [3.63, 3.8) is 0 Å². The fourth-order valence-electron chi connectivity index (χ4n) is 3.49. The molecule has 1 aliphatic heterocycles. The summed E-state index contributed by atoms with van der Waals surface area (Å²) in [5.74, 6) is 0.569. The van der Waals surface area contributed by atoms with E-state index in [1.165, 1.54) is 10.9 Å². The number of aliphatic hydroxyl groups is 3. The van der Waals surface area contributed by atoms with Crippen molar-refractivity contribution in [1.82, 2.24) is 29.3 Å². The van der Waals surface area contributed by atoms with Crippen LogP contribution in [0.5, 0.6) is 0 Å². The summed E-state index contributed by atoms with van der Waals surface area (Å²) >= 11 is 0. The van der Waals surface area contributed by atoms with E-state index < -0.39 is 31.1 Å². The quantitative estimate of drug-likeness (QED) is 0.401. The number of aromatic nitrogens is 6. The summed E-state index contributed by atoms with van der Waals surface area (Å²) in [5, 5.41) is 34.0. The highest BCUT2D eigenvalue weighted by molar-refractivity contribution is 5.83. The number of rotatable bonds is 7. The maximum Gasteiger partial charge on any atom is 0.168 e. The molecule has 1 saturated heterocycles. The number of nitrogens with two attached hydrogens (primary N) is 1. The van der Waals surface area contributed by atoms with Crippen molar-refractivity contribution in [3.8, 4) is 11.4 Å². The average Bonchev–Trinajstić information content (AvgIpc) is 3.41. The van der Waals surface area contributed by atoms with Crippen LogP contribution in [0.2, 0.25) is 0 Å². The predicted molar refractivity (Wildman–Crippen MR) is 103 cm³/mol. The van der Waals surface area contributed by atoms with Crippen LogP contribution in [0.25, 0.3) is 22.6 Å². The van der Waals surface area contributed by atoms with Crippen molar-refractivity contribution in [2.24, 2.45) is 0 Å². The van der Waals surface area contributed by atoms with E-state index in [0.29, 0.717) is 22.6 Å². The molecular weight excluding hydrogens is 378 g/mol. The molecule has 156 valence electrons. The second-order valence-corrected chi connectivity index (χ2v) is 7.18. The minimum absolute atomic E-state index is 0.189. The highest BCUT2D eigenvalue weighted by Crippen LogP contribution is 2.32. The van der Waals surface area contributed by atoms with Gasteiger partial charge < -0.3 is 25.8 Å². The third kappa shape index (κ3) is 3.57. The lowest BCUT2D eigenvalue weighted by atomic mass is 10.1. The van der Waals surface area contributed by atoms with Crippen LogP contribution in [0.1, 0.15) is 32.4 Å². The molecule has 11 heteroatoms. The Balaban J connectivity index is 1.67. The SMILES string of the molecule is CCCCCn1cc(-c2nc(N)c3ncn([C@@H]4O[C@H](CO)[C@@H](O)C4O)c3n2)cn1. The van der Waals surface area contributed by atoms with Gasteiger partial charge in [-0.05, 0) is 6.42 Å². The molecule has 0 aromatic carbocycles. The highest BCUT2D eigenvalue weighted by Gasteiger charge is 2.44.